The molecule has 0 aliphatic carbocycles. The van der Waals surface area contributed by atoms with Crippen LogP contribution in [0, 0.1) is 11.7 Å². The third-order valence-corrected chi connectivity index (χ3v) is 4.84. The van der Waals surface area contributed by atoms with Crippen molar-refractivity contribution in [3.8, 4) is 0 Å². The second-order valence-corrected chi connectivity index (χ2v) is 6.46. The van der Waals surface area contributed by atoms with Crippen LogP contribution in [-0.4, -0.2) is 31.6 Å². The van der Waals surface area contributed by atoms with Crippen LogP contribution in [0.2, 0.25) is 0 Å². The van der Waals surface area contributed by atoms with E-state index in [2.05, 4.69) is 33.1 Å². The van der Waals surface area contributed by atoms with Gasteiger partial charge in [0.15, 0.2) is 0 Å². The first-order valence-corrected chi connectivity index (χ1v) is 8.30. The predicted octanol–water partition coefficient (Wildman–Crippen LogP) is 3.97. The van der Waals surface area contributed by atoms with Gasteiger partial charge in [0.1, 0.15) is 5.82 Å². The molecule has 4 heteroatoms. The number of hydrogen-bond acceptors (Lipinski definition) is 2. The van der Waals surface area contributed by atoms with Gasteiger partial charge in [0.05, 0.1) is 0 Å². The summed E-state index contributed by atoms with van der Waals surface area (Å²) >= 11 is 3.61. The van der Waals surface area contributed by atoms with E-state index >= 15 is 0 Å². The molecule has 0 aromatic heterocycles. The Labute approximate surface area is 129 Å². The van der Waals surface area contributed by atoms with Crippen LogP contribution in [0.4, 0.5) is 4.39 Å². The molecule has 112 valence electrons. The Morgan fingerprint density at radius 1 is 1.45 bits per heavy atom. The smallest absolute Gasteiger partial charge is 0.123 e. The van der Waals surface area contributed by atoms with Crippen LogP contribution in [0.1, 0.15) is 37.8 Å². The van der Waals surface area contributed by atoms with Gasteiger partial charge < -0.3 is 5.32 Å². The molecule has 0 spiro atoms. The Morgan fingerprint density at radius 3 is 2.95 bits per heavy atom. The number of piperidine rings is 1. The van der Waals surface area contributed by atoms with Crippen molar-refractivity contribution < 1.29 is 4.39 Å². The molecule has 0 amide bonds. The molecule has 0 saturated carbocycles. The molecular weight excluding hydrogens is 319 g/mol. The first-order valence-electron chi connectivity index (χ1n) is 7.51. The average Bonchev–Trinajstić information content (AvgIpc) is 2.43. The van der Waals surface area contributed by atoms with Gasteiger partial charge in [-0.05, 0) is 75.6 Å². The van der Waals surface area contributed by atoms with Gasteiger partial charge in [0, 0.05) is 10.5 Å². The number of nitrogens with one attached hydrogen (secondary N) is 1. The van der Waals surface area contributed by atoms with Crippen molar-refractivity contribution in [2.75, 3.05) is 26.7 Å². The van der Waals surface area contributed by atoms with Gasteiger partial charge in [-0.2, -0.15) is 0 Å². The summed E-state index contributed by atoms with van der Waals surface area (Å²) in [6.07, 6.45) is 3.57. The Bertz CT molecular complexity index is 420. The third-order valence-electron chi connectivity index (χ3n) is 4.11. The molecule has 1 fully saturated rings. The maximum atomic E-state index is 13.7. The topological polar surface area (TPSA) is 15.3 Å². The van der Waals surface area contributed by atoms with Crippen LogP contribution in [0.15, 0.2) is 22.7 Å². The number of benzene rings is 1. The minimum atomic E-state index is -0.145. The van der Waals surface area contributed by atoms with Crippen LogP contribution in [0.3, 0.4) is 0 Å². The highest BCUT2D eigenvalue weighted by Crippen LogP contribution is 2.39. The van der Waals surface area contributed by atoms with Gasteiger partial charge in [-0.3, -0.25) is 4.90 Å². The van der Waals surface area contributed by atoms with Crippen molar-refractivity contribution in [2.45, 2.75) is 32.2 Å². The Morgan fingerprint density at radius 2 is 2.25 bits per heavy atom. The van der Waals surface area contributed by atoms with Crippen LogP contribution in [-0.2, 0) is 0 Å². The van der Waals surface area contributed by atoms with E-state index in [0.717, 1.165) is 36.1 Å². The molecule has 1 saturated heterocycles. The standard InChI is InChI=1S/C16H24BrFN2/c1-3-8-20-9-4-5-12(11-19-2)16(20)14-10-13(18)6-7-15(14)17/h6-7,10,12,16,19H,3-5,8-9,11H2,1-2H3. The summed E-state index contributed by atoms with van der Waals surface area (Å²) in [4.78, 5) is 2.52. The number of hydrogen-bond donors (Lipinski definition) is 1. The first kappa shape index (κ1) is 15.9. The third kappa shape index (κ3) is 3.60. The molecule has 1 aromatic carbocycles. The summed E-state index contributed by atoms with van der Waals surface area (Å²) in [6, 6.07) is 5.36. The zero-order valence-electron chi connectivity index (χ0n) is 12.3. The summed E-state index contributed by atoms with van der Waals surface area (Å²) in [5.74, 6) is 0.395. The van der Waals surface area contributed by atoms with Crippen molar-refractivity contribution in [2.24, 2.45) is 5.92 Å². The predicted molar refractivity (Wildman–Crippen MR) is 85.4 cm³/mol. The molecular formula is C16H24BrFN2. The number of halogens is 2. The number of rotatable bonds is 5. The van der Waals surface area contributed by atoms with E-state index in [0.29, 0.717) is 12.0 Å². The fourth-order valence-electron chi connectivity index (χ4n) is 3.36. The van der Waals surface area contributed by atoms with Gasteiger partial charge in [0.2, 0.25) is 0 Å². The van der Waals surface area contributed by atoms with E-state index in [1.54, 1.807) is 6.07 Å². The van der Waals surface area contributed by atoms with Gasteiger partial charge in [-0.1, -0.05) is 22.9 Å². The summed E-state index contributed by atoms with van der Waals surface area (Å²) < 4.78 is 14.7. The molecule has 0 bridgehead atoms. The fourth-order valence-corrected chi connectivity index (χ4v) is 3.84. The summed E-state index contributed by atoms with van der Waals surface area (Å²) in [7, 11) is 2.00. The van der Waals surface area contributed by atoms with Gasteiger partial charge in [-0.25, -0.2) is 4.39 Å². The molecule has 2 atom stereocenters. The summed E-state index contributed by atoms with van der Waals surface area (Å²) in [5, 5.41) is 3.30. The van der Waals surface area contributed by atoms with E-state index in [4.69, 9.17) is 0 Å². The SMILES string of the molecule is CCCN1CCCC(CNC)C1c1cc(F)ccc1Br. The Kier molecular flexibility index (Phi) is 6.00. The normalized spacial score (nSPS) is 24.0. The van der Waals surface area contributed by atoms with Gasteiger partial charge in [-0.15, -0.1) is 0 Å². The molecule has 2 nitrogen and oxygen atoms in total. The summed E-state index contributed by atoms with van der Waals surface area (Å²) in [6.45, 7) is 5.38. The molecule has 2 unspecified atom stereocenters. The van der Waals surface area contributed by atoms with E-state index in [1.165, 1.54) is 18.9 Å². The van der Waals surface area contributed by atoms with E-state index in [-0.39, 0.29) is 5.82 Å². The maximum Gasteiger partial charge on any atom is 0.123 e. The molecule has 20 heavy (non-hydrogen) atoms. The molecule has 1 aliphatic rings. The highest BCUT2D eigenvalue weighted by atomic mass is 79.9. The molecule has 2 rings (SSSR count). The second-order valence-electron chi connectivity index (χ2n) is 5.61. The maximum absolute atomic E-state index is 13.7. The van der Waals surface area contributed by atoms with Gasteiger partial charge >= 0.3 is 0 Å². The van der Waals surface area contributed by atoms with E-state index in [9.17, 15) is 4.39 Å². The zero-order valence-corrected chi connectivity index (χ0v) is 13.9. The fraction of sp³-hybridized carbons (Fsp3) is 0.625. The van der Waals surface area contributed by atoms with E-state index in [1.807, 2.05) is 13.1 Å². The van der Waals surface area contributed by atoms with Crippen molar-refractivity contribution in [1.82, 2.24) is 10.2 Å². The Balaban J connectivity index is 2.34. The van der Waals surface area contributed by atoms with Crippen molar-refractivity contribution in [3.05, 3.63) is 34.1 Å². The molecule has 1 aromatic rings. The monoisotopic (exact) mass is 342 g/mol. The second kappa shape index (κ2) is 7.53. The van der Waals surface area contributed by atoms with Crippen molar-refractivity contribution in [1.29, 1.82) is 0 Å². The van der Waals surface area contributed by atoms with Crippen molar-refractivity contribution >= 4 is 15.9 Å². The van der Waals surface area contributed by atoms with Crippen LogP contribution < -0.4 is 5.32 Å². The molecule has 1 heterocycles. The average molecular weight is 343 g/mol. The lowest BCUT2D eigenvalue weighted by Crippen LogP contribution is -2.42. The quantitative estimate of drug-likeness (QED) is 0.870. The largest absolute Gasteiger partial charge is 0.319 e. The molecule has 1 aliphatic heterocycles. The molecule has 0 radical (unpaired) electrons. The lowest BCUT2D eigenvalue weighted by atomic mass is 9.84. The van der Waals surface area contributed by atoms with Crippen LogP contribution in [0.5, 0.6) is 0 Å². The lowest BCUT2D eigenvalue weighted by Gasteiger charge is -2.42. The van der Waals surface area contributed by atoms with Gasteiger partial charge in [0.25, 0.3) is 0 Å². The summed E-state index contributed by atoms with van der Waals surface area (Å²) in [5.41, 5.74) is 1.10. The number of nitrogens with zero attached hydrogens (tertiary/aromatic N) is 1. The minimum absolute atomic E-state index is 0.145. The van der Waals surface area contributed by atoms with E-state index < -0.39 is 0 Å². The molecule has 1 N–H and O–H groups in total. The highest BCUT2D eigenvalue weighted by molar-refractivity contribution is 9.10. The minimum Gasteiger partial charge on any atom is -0.319 e. The Hall–Kier alpha value is -0.450. The van der Waals surface area contributed by atoms with Crippen LogP contribution >= 0.6 is 15.9 Å². The highest BCUT2D eigenvalue weighted by Gasteiger charge is 2.33. The first-order chi connectivity index (χ1) is 9.67. The zero-order chi connectivity index (χ0) is 14.5. The van der Waals surface area contributed by atoms with Crippen LogP contribution in [0.25, 0.3) is 0 Å². The van der Waals surface area contributed by atoms with Crippen molar-refractivity contribution in [3.63, 3.8) is 0 Å². The lowest BCUT2D eigenvalue weighted by molar-refractivity contribution is 0.0917. The number of likely N-dealkylation sites (tertiary alicyclic amines) is 1.